The van der Waals surface area contributed by atoms with Crippen LogP contribution in [0.5, 0.6) is 5.75 Å². The molecule has 2 saturated heterocycles. The highest BCUT2D eigenvalue weighted by molar-refractivity contribution is 7.98. The summed E-state index contributed by atoms with van der Waals surface area (Å²) in [6.45, 7) is 4.34. The molecule has 210 valence electrons. The number of carbonyl (C=O) groups is 4. The summed E-state index contributed by atoms with van der Waals surface area (Å²) in [5.41, 5.74) is 0.838. The Labute approximate surface area is 230 Å². The van der Waals surface area contributed by atoms with Crippen LogP contribution in [-0.2, 0) is 25.6 Å². The number of amides is 4. The lowest BCUT2D eigenvalue weighted by atomic mass is 9.95. The average molecular weight is 547 g/mol. The van der Waals surface area contributed by atoms with Gasteiger partial charge in [0.25, 0.3) is 0 Å². The summed E-state index contributed by atoms with van der Waals surface area (Å²) in [4.78, 5) is 55.8. The number of methoxy groups -OCH3 is 1. The van der Waals surface area contributed by atoms with Crippen LogP contribution in [0.3, 0.4) is 0 Å². The molecule has 10 heteroatoms. The number of thioether (sulfide) groups is 1. The number of nitrogens with zero attached hydrogens (tertiary/aromatic N) is 1. The van der Waals surface area contributed by atoms with Gasteiger partial charge in [-0.1, -0.05) is 38.8 Å². The van der Waals surface area contributed by atoms with Gasteiger partial charge in [0.15, 0.2) is 0 Å². The van der Waals surface area contributed by atoms with Gasteiger partial charge in [-0.05, 0) is 61.3 Å². The van der Waals surface area contributed by atoms with E-state index in [-0.39, 0.29) is 30.1 Å². The summed E-state index contributed by atoms with van der Waals surface area (Å²) in [5, 5.41) is 8.77. The minimum Gasteiger partial charge on any atom is -0.497 e. The molecule has 4 amide bonds. The van der Waals surface area contributed by atoms with Crippen LogP contribution < -0.4 is 20.7 Å². The van der Waals surface area contributed by atoms with Crippen LogP contribution in [0, 0.1) is 5.92 Å². The standard InChI is InChI=1S/C28H42N4O5S/c1-5-18(2)24-28(36)32-15-8-10-23(32)27(35)29-21(9-6-7-16-38-4)25(33)30-22(26(34)31-24)17-19-11-13-20(37-3)14-12-19/h11-14,18,21-24H,5-10,15-17H2,1-4H3,(H,29,35)(H,30,33)(H,31,34)/t18?,21-,22+,23+,24-/m0/s1. The van der Waals surface area contributed by atoms with Gasteiger partial charge >= 0.3 is 0 Å². The van der Waals surface area contributed by atoms with Crippen molar-refractivity contribution in [1.82, 2.24) is 20.9 Å². The van der Waals surface area contributed by atoms with Crippen LogP contribution in [-0.4, -0.2) is 78.4 Å². The maximum atomic E-state index is 13.7. The molecule has 2 aliphatic heterocycles. The maximum Gasteiger partial charge on any atom is 0.246 e. The largest absolute Gasteiger partial charge is 0.497 e. The summed E-state index contributed by atoms with van der Waals surface area (Å²) >= 11 is 1.74. The minimum atomic E-state index is -0.908. The fourth-order valence-corrected chi connectivity index (χ4v) is 5.52. The van der Waals surface area contributed by atoms with Gasteiger partial charge in [0.05, 0.1) is 7.11 Å². The Balaban J connectivity index is 1.93. The smallest absolute Gasteiger partial charge is 0.246 e. The van der Waals surface area contributed by atoms with Gasteiger partial charge in [-0.2, -0.15) is 11.8 Å². The zero-order valence-electron chi connectivity index (χ0n) is 23.0. The number of benzene rings is 1. The molecule has 3 N–H and O–H groups in total. The Morgan fingerprint density at radius 2 is 1.68 bits per heavy atom. The fourth-order valence-electron chi connectivity index (χ4n) is 5.03. The molecule has 0 saturated carbocycles. The first kappa shape index (κ1) is 29.8. The average Bonchev–Trinajstić information content (AvgIpc) is 3.42. The quantitative estimate of drug-likeness (QED) is 0.388. The lowest BCUT2D eigenvalue weighted by molar-refractivity contribution is -0.144. The number of fused-ring (bicyclic) bond motifs is 1. The second-order valence-electron chi connectivity index (χ2n) is 10.2. The number of unbranched alkanes of at least 4 members (excludes halogenated alkanes) is 1. The van der Waals surface area contributed by atoms with Crippen LogP contribution in [0.2, 0.25) is 0 Å². The van der Waals surface area contributed by atoms with E-state index in [0.29, 0.717) is 38.0 Å². The third kappa shape index (κ3) is 7.65. The Kier molecular flexibility index (Phi) is 11.3. The first-order valence-electron chi connectivity index (χ1n) is 13.6. The van der Waals surface area contributed by atoms with Crippen molar-refractivity contribution in [3.05, 3.63) is 29.8 Å². The Hall–Kier alpha value is -2.75. The molecule has 0 bridgehead atoms. The number of hydrogen-bond acceptors (Lipinski definition) is 6. The Morgan fingerprint density at radius 3 is 2.34 bits per heavy atom. The van der Waals surface area contributed by atoms with Gasteiger partial charge in [-0.3, -0.25) is 19.2 Å². The SMILES string of the molecule is CCC(C)[C@@H]1NC(=O)[C@@H](Cc2ccc(OC)cc2)NC(=O)[C@H](CCCCSC)NC(=O)[C@H]2CCCN2C1=O. The van der Waals surface area contributed by atoms with Gasteiger partial charge in [-0.15, -0.1) is 0 Å². The van der Waals surface area contributed by atoms with E-state index in [1.165, 1.54) is 0 Å². The van der Waals surface area contributed by atoms with Crippen molar-refractivity contribution in [3.8, 4) is 5.75 Å². The van der Waals surface area contributed by atoms with Crippen LogP contribution >= 0.6 is 11.8 Å². The molecule has 2 heterocycles. The fraction of sp³-hybridized carbons (Fsp3) is 0.643. The third-order valence-corrected chi connectivity index (χ3v) is 8.27. The Bertz CT molecular complexity index is 972. The molecule has 3 rings (SSSR count). The van der Waals surface area contributed by atoms with Crippen molar-refractivity contribution in [3.63, 3.8) is 0 Å². The number of ether oxygens (including phenoxy) is 1. The number of carbonyl (C=O) groups excluding carboxylic acids is 4. The minimum absolute atomic E-state index is 0.139. The van der Waals surface area contributed by atoms with Crippen molar-refractivity contribution in [1.29, 1.82) is 0 Å². The van der Waals surface area contributed by atoms with E-state index >= 15 is 0 Å². The Morgan fingerprint density at radius 1 is 1.00 bits per heavy atom. The van der Waals surface area contributed by atoms with Crippen molar-refractivity contribution < 1.29 is 23.9 Å². The maximum absolute atomic E-state index is 13.7. The molecule has 1 aromatic carbocycles. The predicted molar refractivity (Wildman–Crippen MR) is 149 cm³/mol. The summed E-state index contributed by atoms with van der Waals surface area (Å²) in [5.74, 6) is 0.188. The summed E-state index contributed by atoms with van der Waals surface area (Å²) in [7, 11) is 1.58. The van der Waals surface area contributed by atoms with Crippen molar-refractivity contribution in [2.75, 3.05) is 25.7 Å². The van der Waals surface area contributed by atoms with Crippen LogP contribution in [0.1, 0.15) is 57.9 Å². The second-order valence-corrected chi connectivity index (χ2v) is 11.2. The molecule has 0 radical (unpaired) electrons. The van der Waals surface area contributed by atoms with E-state index in [1.54, 1.807) is 35.9 Å². The molecular weight excluding hydrogens is 504 g/mol. The molecule has 5 atom stereocenters. The predicted octanol–water partition coefficient (Wildman–Crippen LogP) is 2.28. The zero-order chi connectivity index (χ0) is 27.7. The molecule has 38 heavy (non-hydrogen) atoms. The molecule has 0 spiro atoms. The van der Waals surface area contributed by atoms with Crippen molar-refractivity contribution in [2.45, 2.75) is 83.0 Å². The zero-order valence-corrected chi connectivity index (χ0v) is 23.8. The molecule has 2 aliphatic rings. The van der Waals surface area contributed by atoms with E-state index in [4.69, 9.17) is 4.74 Å². The lowest BCUT2D eigenvalue weighted by Crippen LogP contribution is -2.62. The van der Waals surface area contributed by atoms with E-state index in [9.17, 15) is 19.2 Å². The van der Waals surface area contributed by atoms with Crippen LogP contribution in [0.25, 0.3) is 0 Å². The van der Waals surface area contributed by atoms with Gasteiger partial charge in [0, 0.05) is 13.0 Å². The van der Waals surface area contributed by atoms with E-state index in [2.05, 4.69) is 16.0 Å². The van der Waals surface area contributed by atoms with Crippen LogP contribution in [0.4, 0.5) is 0 Å². The van der Waals surface area contributed by atoms with Gasteiger partial charge in [0.2, 0.25) is 23.6 Å². The highest BCUT2D eigenvalue weighted by Gasteiger charge is 2.41. The van der Waals surface area contributed by atoms with Gasteiger partial charge in [-0.25, -0.2) is 0 Å². The van der Waals surface area contributed by atoms with Crippen LogP contribution in [0.15, 0.2) is 24.3 Å². The third-order valence-electron chi connectivity index (χ3n) is 7.57. The molecule has 1 aromatic rings. The molecular formula is C28H42N4O5S. The van der Waals surface area contributed by atoms with Gasteiger partial charge in [0.1, 0.15) is 29.9 Å². The molecule has 0 aromatic heterocycles. The number of hydrogen-bond donors (Lipinski definition) is 3. The number of nitrogens with one attached hydrogen (secondary N) is 3. The summed E-state index contributed by atoms with van der Waals surface area (Å²) < 4.78 is 5.24. The molecule has 0 aliphatic carbocycles. The number of rotatable bonds is 10. The van der Waals surface area contributed by atoms with Crippen molar-refractivity contribution in [2.24, 2.45) is 5.92 Å². The first-order valence-corrected chi connectivity index (χ1v) is 15.0. The molecule has 2 fully saturated rings. The highest BCUT2D eigenvalue weighted by atomic mass is 32.2. The topological polar surface area (TPSA) is 117 Å². The summed E-state index contributed by atoms with van der Waals surface area (Å²) in [6, 6.07) is 4.20. The molecule has 1 unspecified atom stereocenters. The molecule has 9 nitrogen and oxygen atoms in total. The second kappa shape index (κ2) is 14.4. The highest BCUT2D eigenvalue weighted by Crippen LogP contribution is 2.23. The van der Waals surface area contributed by atoms with E-state index in [0.717, 1.165) is 24.2 Å². The summed E-state index contributed by atoms with van der Waals surface area (Å²) in [6.07, 6.45) is 6.34. The monoisotopic (exact) mass is 546 g/mol. The van der Waals surface area contributed by atoms with Crippen molar-refractivity contribution >= 4 is 35.4 Å². The van der Waals surface area contributed by atoms with E-state index < -0.39 is 30.1 Å². The lowest BCUT2D eigenvalue weighted by Gasteiger charge is -2.34. The normalized spacial score (nSPS) is 25.4. The van der Waals surface area contributed by atoms with Gasteiger partial charge < -0.3 is 25.6 Å². The van der Waals surface area contributed by atoms with E-state index in [1.807, 2.05) is 32.2 Å². The first-order chi connectivity index (χ1) is 18.3.